The number of nitrogens with two attached hydrogens (primary N) is 1. The van der Waals surface area contributed by atoms with Gasteiger partial charge in [-0.1, -0.05) is 0 Å². The Morgan fingerprint density at radius 1 is 1.33 bits per heavy atom. The number of carbonyl (C=O) groups excluding carboxylic acids is 1. The number of hydrogen-bond acceptors (Lipinski definition) is 4. The van der Waals surface area contributed by atoms with Crippen molar-refractivity contribution in [3.05, 3.63) is 47.9 Å². The summed E-state index contributed by atoms with van der Waals surface area (Å²) in [6.07, 6.45) is 1.66. The summed E-state index contributed by atoms with van der Waals surface area (Å²) >= 11 is 0. The van der Waals surface area contributed by atoms with Crippen molar-refractivity contribution in [3.8, 4) is 0 Å². The average molecular weight is 287 g/mol. The van der Waals surface area contributed by atoms with Crippen LogP contribution in [0, 0.1) is 6.92 Å². The molecule has 1 aromatic heterocycles. The number of nitrogen functional groups attached to an aromatic ring is 1. The summed E-state index contributed by atoms with van der Waals surface area (Å²) in [4.78, 5) is 14.2. The molecule has 0 aliphatic heterocycles. The highest BCUT2D eigenvalue weighted by atomic mass is 16.3. The molecule has 1 heterocycles. The summed E-state index contributed by atoms with van der Waals surface area (Å²) in [5.74, 6) is 0.830. The zero-order valence-electron chi connectivity index (χ0n) is 12.6. The van der Waals surface area contributed by atoms with Crippen molar-refractivity contribution in [1.29, 1.82) is 0 Å². The maximum atomic E-state index is 12.2. The molecule has 2 aromatic rings. The molecule has 0 fully saturated rings. The van der Waals surface area contributed by atoms with Gasteiger partial charge < -0.3 is 15.5 Å². The molecule has 0 radical (unpaired) electrons. The van der Waals surface area contributed by atoms with Crippen LogP contribution in [0.3, 0.4) is 0 Å². The minimum absolute atomic E-state index is 0.0524. The van der Waals surface area contributed by atoms with Gasteiger partial charge in [0.1, 0.15) is 5.76 Å². The molecule has 1 amide bonds. The number of nitrogens with zero attached hydrogens (tertiary/aromatic N) is 1. The van der Waals surface area contributed by atoms with Gasteiger partial charge in [-0.05, 0) is 51.2 Å². The van der Waals surface area contributed by atoms with Gasteiger partial charge in [-0.15, -0.1) is 0 Å². The van der Waals surface area contributed by atoms with Crippen LogP contribution in [0.1, 0.15) is 18.2 Å². The van der Waals surface area contributed by atoms with E-state index in [0.717, 1.165) is 17.0 Å². The molecule has 0 aliphatic carbocycles. The van der Waals surface area contributed by atoms with Gasteiger partial charge in [-0.25, -0.2) is 0 Å². The molecule has 2 rings (SSSR count). The fraction of sp³-hybridized carbons (Fsp3) is 0.312. The highest BCUT2D eigenvalue weighted by molar-refractivity contribution is 5.94. The van der Waals surface area contributed by atoms with E-state index in [-0.39, 0.29) is 11.9 Å². The van der Waals surface area contributed by atoms with Crippen molar-refractivity contribution < 1.29 is 9.21 Å². The van der Waals surface area contributed by atoms with E-state index >= 15 is 0 Å². The summed E-state index contributed by atoms with van der Waals surface area (Å²) in [5, 5.41) is 2.88. The first kappa shape index (κ1) is 15.1. The number of nitrogens with one attached hydrogen (secondary N) is 1. The van der Waals surface area contributed by atoms with Crippen LogP contribution in [0.4, 0.5) is 11.4 Å². The number of anilines is 2. The third kappa shape index (κ3) is 3.86. The number of carbonyl (C=O) groups is 1. The van der Waals surface area contributed by atoms with Crippen molar-refractivity contribution in [2.45, 2.75) is 26.4 Å². The lowest BCUT2D eigenvalue weighted by molar-refractivity contribution is -0.120. The van der Waals surface area contributed by atoms with Crippen LogP contribution in [0.25, 0.3) is 0 Å². The van der Waals surface area contributed by atoms with Crippen LogP contribution < -0.4 is 11.1 Å². The van der Waals surface area contributed by atoms with Crippen molar-refractivity contribution >= 4 is 17.3 Å². The molecule has 112 valence electrons. The van der Waals surface area contributed by atoms with Crippen LogP contribution >= 0.6 is 0 Å². The zero-order valence-corrected chi connectivity index (χ0v) is 12.6. The Bertz CT molecular complexity index is 604. The van der Waals surface area contributed by atoms with Crippen LogP contribution in [-0.2, 0) is 11.3 Å². The molecule has 21 heavy (non-hydrogen) atoms. The van der Waals surface area contributed by atoms with E-state index in [4.69, 9.17) is 10.2 Å². The standard InChI is InChI=1S/C16H21N3O2/c1-11(19(3)10-13-8-9-21-12(13)2)16(20)18-15-6-4-14(17)5-7-15/h4-9,11H,10,17H2,1-3H3,(H,18,20). The van der Waals surface area contributed by atoms with E-state index in [0.29, 0.717) is 12.2 Å². The summed E-state index contributed by atoms with van der Waals surface area (Å²) in [6.45, 7) is 4.46. The maximum Gasteiger partial charge on any atom is 0.241 e. The Morgan fingerprint density at radius 2 is 2.00 bits per heavy atom. The van der Waals surface area contributed by atoms with E-state index in [1.807, 2.05) is 31.9 Å². The van der Waals surface area contributed by atoms with Gasteiger partial charge in [0.05, 0.1) is 12.3 Å². The number of likely N-dealkylation sites (N-methyl/N-ethyl adjacent to an activating group) is 1. The highest BCUT2D eigenvalue weighted by Crippen LogP contribution is 2.14. The maximum absolute atomic E-state index is 12.2. The summed E-state index contributed by atoms with van der Waals surface area (Å²) in [7, 11) is 1.92. The molecule has 3 N–H and O–H groups in total. The Hall–Kier alpha value is -2.27. The van der Waals surface area contributed by atoms with Crippen molar-refractivity contribution in [2.24, 2.45) is 0 Å². The second-order valence-corrected chi connectivity index (χ2v) is 5.20. The first-order valence-electron chi connectivity index (χ1n) is 6.87. The average Bonchev–Trinajstić information content (AvgIpc) is 2.86. The molecule has 5 heteroatoms. The molecule has 5 nitrogen and oxygen atoms in total. The lowest BCUT2D eigenvalue weighted by atomic mass is 10.2. The molecule has 1 atom stereocenters. The monoisotopic (exact) mass is 287 g/mol. The SMILES string of the molecule is Cc1occc1CN(C)C(C)C(=O)Nc1ccc(N)cc1. The lowest BCUT2D eigenvalue weighted by Crippen LogP contribution is -2.39. The predicted octanol–water partition coefficient (Wildman–Crippen LogP) is 2.63. The number of aryl methyl sites for hydroxylation is 1. The van der Waals surface area contributed by atoms with E-state index in [1.165, 1.54) is 0 Å². The Morgan fingerprint density at radius 3 is 2.57 bits per heavy atom. The first-order valence-corrected chi connectivity index (χ1v) is 6.87. The number of amides is 1. The molecule has 0 saturated carbocycles. The number of benzene rings is 1. The minimum Gasteiger partial charge on any atom is -0.469 e. The molecule has 1 aromatic carbocycles. The van der Waals surface area contributed by atoms with Crippen LogP contribution in [0.15, 0.2) is 41.0 Å². The van der Waals surface area contributed by atoms with Gasteiger partial charge in [0.2, 0.25) is 5.91 Å². The molecule has 0 aliphatic rings. The van der Waals surface area contributed by atoms with Crippen LogP contribution in [-0.4, -0.2) is 23.9 Å². The molecular weight excluding hydrogens is 266 g/mol. The Labute approximate surface area is 124 Å². The fourth-order valence-electron chi connectivity index (χ4n) is 1.99. The first-order chi connectivity index (χ1) is 9.97. The molecule has 0 bridgehead atoms. The number of rotatable bonds is 5. The van der Waals surface area contributed by atoms with Crippen LogP contribution in [0.5, 0.6) is 0 Å². The van der Waals surface area contributed by atoms with Gasteiger partial charge in [-0.2, -0.15) is 0 Å². The molecule has 0 spiro atoms. The summed E-state index contributed by atoms with van der Waals surface area (Å²) in [5.41, 5.74) is 8.13. The molecule has 0 saturated heterocycles. The molecule has 1 unspecified atom stereocenters. The van der Waals surface area contributed by atoms with E-state index < -0.39 is 0 Å². The third-order valence-corrected chi connectivity index (χ3v) is 3.60. The lowest BCUT2D eigenvalue weighted by Gasteiger charge is -2.23. The van der Waals surface area contributed by atoms with E-state index in [9.17, 15) is 4.79 Å². The highest BCUT2D eigenvalue weighted by Gasteiger charge is 2.19. The Kier molecular flexibility index (Phi) is 4.65. The van der Waals surface area contributed by atoms with Gasteiger partial charge in [0.25, 0.3) is 0 Å². The van der Waals surface area contributed by atoms with E-state index in [1.54, 1.807) is 30.5 Å². The van der Waals surface area contributed by atoms with Crippen molar-refractivity contribution in [1.82, 2.24) is 4.90 Å². The predicted molar refractivity (Wildman–Crippen MR) is 83.9 cm³/mol. The second kappa shape index (κ2) is 6.45. The molecular formula is C16H21N3O2. The largest absolute Gasteiger partial charge is 0.469 e. The smallest absolute Gasteiger partial charge is 0.241 e. The number of furan rings is 1. The summed E-state index contributed by atoms with van der Waals surface area (Å²) in [6, 6.07) is 8.78. The van der Waals surface area contributed by atoms with Gasteiger partial charge in [0.15, 0.2) is 0 Å². The van der Waals surface area contributed by atoms with Crippen molar-refractivity contribution in [2.75, 3.05) is 18.1 Å². The minimum atomic E-state index is -0.253. The quantitative estimate of drug-likeness (QED) is 0.829. The topological polar surface area (TPSA) is 71.5 Å². The zero-order chi connectivity index (χ0) is 15.4. The summed E-state index contributed by atoms with van der Waals surface area (Å²) < 4.78 is 5.27. The van der Waals surface area contributed by atoms with Gasteiger partial charge in [0, 0.05) is 23.5 Å². The van der Waals surface area contributed by atoms with Gasteiger partial charge >= 0.3 is 0 Å². The van der Waals surface area contributed by atoms with Crippen molar-refractivity contribution in [3.63, 3.8) is 0 Å². The normalized spacial score (nSPS) is 12.4. The van der Waals surface area contributed by atoms with Gasteiger partial charge in [-0.3, -0.25) is 9.69 Å². The fourth-order valence-corrected chi connectivity index (χ4v) is 1.99. The Balaban J connectivity index is 1.95. The van der Waals surface area contributed by atoms with Crippen LogP contribution in [0.2, 0.25) is 0 Å². The van der Waals surface area contributed by atoms with E-state index in [2.05, 4.69) is 5.32 Å². The third-order valence-electron chi connectivity index (χ3n) is 3.60. The number of hydrogen-bond donors (Lipinski definition) is 2. The second-order valence-electron chi connectivity index (χ2n) is 5.20.